The molecule has 0 spiro atoms. The molecule has 0 aliphatic rings. The van der Waals surface area contributed by atoms with Gasteiger partial charge in [-0.2, -0.15) is 5.10 Å². The molecule has 3 aromatic rings. The van der Waals surface area contributed by atoms with Crippen molar-refractivity contribution < 1.29 is 22.7 Å². The highest BCUT2D eigenvalue weighted by Gasteiger charge is 2.15. The summed E-state index contributed by atoms with van der Waals surface area (Å²) in [7, 11) is -3.85. The molecule has 2 N–H and O–H groups in total. The molecule has 0 saturated carbocycles. The highest BCUT2D eigenvalue weighted by Crippen LogP contribution is 2.16. The summed E-state index contributed by atoms with van der Waals surface area (Å²) in [6.07, 6.45) is 1.37. The number of hydrazone groups is 1. The van der Waals surface area contributed by atoms with Crippen molar-refractivity contribution in [2.45, 2.75) is 11.8 Å². The smallest absolute Gasteiger partial charge is 0.343 e. The van der Waals surface area contributed by atoms with E-state index in [1.165, 1.54) is 30.5 Å². The fourth-order valence-electron chi connectivity index (χ4n) is 2.66. The van der Waals surface area contributed by atoms with Gasteiger partial charge in [0, 0.05) is 5.02 Å². The number of aryl methyl sites for hydroxylation is 1. The molecule has 0 bridgehead atoms. The first-order valence-electron chi connectivity index (χ1n) is 9.69. The molecule has 33 heavy (non-hydrogen) atoms. The number of hydrogen-bond acceptors (Lipinski definition) is 6. The molecule has 0 fully saturated rings. The minimum absolute atomic E-state index is 0.00795. The van der Waals surface area contributed by atoms with Gasteiger partial charge in [-0.1, -0.05) is 29.8 Å². The third-order valence-electron chi connectivity index (χ3n) is 4.41. The second-order valence-corrected chi connectivity index (χ2v) is 9.05. The first-order chi connectivity index (χ1) is 15.7. The maximum absolute atomic E-state index is 12.3. The van der Waals surface area contributed by atoms with E-state index in [-0.39, 0.29) is 4.90 Å². The van der Waals surface area contributed by atoms with Gasteiger partial charge < -0.3 is 4.74 Å². The highest BCUT2D eigenvalue weighted by atomic mass is 35.5. The van der Waals surface area contributed by atoms with Crippen LogP contribution in [0, 0.1) is 6.92 Å². The van der Waals surface area contributed by atoms with Gasteiger partial charge in [0.2, 0.25) is 10.0 Å². The summed E-state index contributed by atoms with van der Waals surface area (Å²) >= 11 is 5.74. The van der Waals surface area contributed by atoms with Gasteiger partial charge >= 0.3 is 5.97 Å². The van der Waals surface area contributed by atoms with Crippen molar-refractivity contribution in [3.8, 4) is 5.75 Å². The van der Waals surface area contributed by atoms with Crippen LogP contribution in [0.25, 0.3) is 0 Å². The molecule has 0 unspecified atom stereocenters. The maximum Gasteiger partial charge on any atom is 0.343 e. The number of halogens is 1. The van der Waals surface area contributed by atoms with Crippen LogP contribution in [-0.2, 0) is 14.8 Å². The van der Waals surface area contributed by atoms with Crippen LogP contribution in [0.3, 0.4) is 0 Å². The van der Waals surface area contributed by atoms with Crippen molar-refractivity contribution in [2.24, 2.45) is 5.10 Å². The Morgan fingerprint density at radius 3 is 2.33 bits per heavy atom. The second-order valence-electron chi connectivity index (χ2n) is 6.85. The summed E-state index contributed by atoms with van der Waals surface area (Å²) in [5.41, 5.74) is 4.17. The lowest BCUT2D eigenvalue weighted by Gasteiger charge is -2.07. The average Bonchev–Trinajstić information content (AvgIpc) is 2.79. The van der Waals surface area contributed by atoms with Crippen LogP contribution >= 0.6 is 11.6 Å². The van der Waals surface area contributed by atoms with Crippen molar-refractivity contribution in [3.63, 3.8) is 0 Å². The van der Waals surface area contributed by atoms with E-state index in [4.69, 9.17) is 16.3 Å². The first kappa shape index (κ1) is 24.1. The molecule has 0 aliphatic carbocycles. The summed E-state index contributed by atoms with van der Waals surface area (Å²) in [6.45, 7) is 1.34. The third kappa shape index (κ3) is 6.98. The van der Waals surface area contributed by atoms with Crippen LogP contribution < -0.4 is 14.9 Å². The van der Waals surface area contributed by atoms with Gasteiger partial charge in [-0.3, -0.25) is 4.79 Å². The fourth-order valence-corrected chi connectivity index (χ4v) is 3.77. The normalized spacial score (nSPS) is 11.3. The standard InChI is InChI=1S/C23H20ClN3O5S/c1-16-4-2-3-5-21(16)23(29)32-19-10-6-17(7-11-19)14-25-27-22(28)15-26-33(30,31)20-12-8-18(24)9-13-20/h2-14,26H,15H2,1H3,(H,27,28)/b25-14-. The van der Waals surface area contributed by atoms with Gasteiger partial charge in [-0.05, 0) is 72.6 Å². The van der Waals surface area contributed by atoms with Gasteiger partial charge in [0.1, 0.15) is 5.75 Å². The van der Waals surface area contributed by atoms with Crippen molar-refractivity contribution in [1.82, 2.24) is 10.1 Å². The Kier molecular flexibility index (Phi) is 7.94. The predicted molar refractivity (Wildman–Crippen MR) is 125 cm³/mol. The molecule has 1 amide bonds. The molecule has 3 rings (SSSR count). The molecule has 3 aromatic carbocycles. The molecular weight excluding hydrogens is 466 g/mol. The van der Waals surface area contributed by atoms with Crippen molar-refractivity contribution in [3.05, 3.63) is 94.5 Å². The monoisotopic (exact) mass is 485 g/mol. The third-order valence-corrected chi connectivity index (χ3v) is 6.07. The molecular formula is C23H20ClN3O5S. The zero-order chi connectivity index (χ0) is 23.8. The van der Waals surface area contributed by atoms with Crippen LogP contribution in [0.2, 0.25) is 5.02 Å². The van der Waals surface area contributed by atoms with E-state index in [1.54, 1.807) is 36.4 Å². The Balaban J connectivity index is 1.49. The number of hydrogen-bond donors (Lipinski definition) is 2. The number of ether oxygens (including phenoxy) is 1. The predicted octanol–water partition coefficient (Wildman–Crippen LogP) is 3.30. The number of rotatable bonds is 8. The van der Waals surface area contributed by atoms with E-state index >= 15 is 0 Å². The van der Waals surface area contributed by atoms with Gasteiger partial charge in [0.05, 0.1) is 23.2 Å². The molecule has 0 radical (unpaired) electrons. The van der Waals surface area contributed by atoms with E-state index in [9.17, 15) is 18.0 Å². The van der Waals surface area contributed by atoms with E-state index in [1.807, 2.05) is 19.1 Å². The van der Waals surface area contributed by atoms with Crippen LogP contribution in [0.5, 0.6) is 5.75 Å². The number of carbonyl (C=O) groups excluding carboxylic acids is 2. The van der Waals surface area contributed by atoms with Crippen LogP contribution in [0.4, 0.5) is 0 Å². The summed E-state index contributed by atoms with van der Waals surface area (Å²) in [6, 6.07) is 19.2. The molecule has 8 nitrogen and oxygen atoms in total. The number of amides is 1. The number of carbonyl (C=O) groups is 2. The molecule has 10 heteroatoms. The fraction of sp³-hybridized carbons (Fsp3) is 0.0870. The molecule has 0 saturated heterocycles. The van der Waals surface area contributed by atoms with Gasteiger partial charge in [-0.25, -0.2) is 23.4 Å². The Morgan fingerprint density at radius 1 is 1.00 bits per heavy atom. The lowest BCUT2D eigenvalue weighted by Crippen LogP contribution is -2.34. The minimum atomic E-state index is -3.85. The van der Waals surface area contributed by atoms with Crippen LogP contribution in [0.1, 0.15) is 21.5 Å². The van der Waals surface area contributed by atoms with Gasteiger partial charge in [0.15, 0.2) is 0 Å². The van der Waals surface area contributed by atoms with E-state index in [0.29, 0.717) is 21.9 Å². The molecule has 0 aliphatic heterocycles. The van der Waals surface area contributed by atoms with E-state index < -0.39 is 28.4 Å². The summed E-state index contributed by atoms with van der Waals surface area (Å²) < 4.78 is 31.8. The largest absolute Gasteiger partial charge is 0.423 e. The number of benzene rings is 3. The Labute approximate surface area is 196 Å². The summed E-state index contributed by atoms with van der Waals surface area (Å²) in [4.78, 5) is 24.1. The molecule has 0 atom stereocenters. The first-order valence-corrected chi connectivity index (χ1v) is 11.6. The minimum Gasteiger partial charge on any atom is -0.423 e. The average molecular weight is 486 g/mol. The van der Waals surface area contributed by atoms with E-state index in [0.717, 1.165) is 5.56 Å². The molecule has 0 aromatic heterocycles. The second kappa shape index (κ2) is 10.9. The van der Waals surface area contributed by atoms with Crippen LogP contribution in [0.15, 0.2) is 82.8 Å². The van der Waals surface area contributed by atoms with Gasteiger partial charge in [0.25, 0.3) is 5.91 Å². The number of nitrogens with one attached hydrogen (secondary N) is 2. The lowest BCUT2D eigenvalue weighted by molar-refractivity contribution is -0.119. The highest BCUT2D eigenvalue weighted by molar-refractivity contribution is 7.89. The summed E-state index contributed by atoms with van der Waals surface area (Å²) in [5.74, 6) is -0.739. The zero-order valence-corrected chi connectivity index (χ0v) is 19.1. The zero-order valence-electron chi connectivity index (χ0n) is 17.5. The van der Waals surface area contributed by atoms with Gasteiger partial charge in [-0.15, -0.1) is 0 Å². The lowest BCUT2D eigenvalue weighted by atomic mass is 10.1. The van der Waals surface area contributed by atoms with E-state index in [2.05, 4.69) is 15.2 Å². The molecule has 170 valence electrons. The quantitative estimate of drug-likeness (QED) is 0.220. The number of esters is 1. The number of nitrogens with zero attached hydrogens (tertiary/aromatic N) is 1. The number of sulfonamides is 1. The van der Waals surface area contributed by atoms with Crippen molar-refractivity contribution in [2.75, 3.05) is 6.54 Å². The van der Waals surface area contributed by atoms with Crippen LogP contribution in [-0.4, -0.2) is 33.1 Å². The van der Waals surface area contributed by atoms with Crippen molar-refractivity contribution in [1.29, 1.82) is 0 Å². The summed E-state index contributed by atoms with van der Waals surface area (Å²) in [5, 5.41) is 4.19. The Morgan fingerprint density at radius 2 is 1.67 bits per heavy atom. The topological polar surface area (TPSA) is 114 Å². The SMILES string of the molecule is Cc1ccccc1C(=O)Oc1ccc(/C=N\NC(=O)CNS(=O)(=O)c2ccc(Cl)cc2)cc1. The Bertz CT molecular complexity index is 1270. The molecule has 0 heterocycles. The van der Waals surface area contributed by atoms with Crippen molar-refractivity contribution >= 4 is 39.7 Å². The maximum atomic E-state index is 12.3. The Hall–Kier alpha value is -3.53.